The van der Waals surface area contributed by atoms with Gasteiger partial charge in [-0.05, 0) is 39.8 Å². The molecule has 0 heterocycles. The summed E-state index contributed by atoms with van der Waals surface area (Å²) in [4.78, 5) is 12.2. The molecule has 4 nitrogen and oxygen atoms in total. The molecule has 0 aliphatic heterocycles. The average molecular weight is 280 g/mol. The van der Waals surface area contributed by atoms with Gasteiger partial charge in [-0.1, -0.05) is 24.4 Å². The van der Waals surface area contributed by atoms with Gasteiger partial charge in [-0.15, -0.1) is 0 Å². The van der Waals surface area contributed by atoms with Gasteiger partial charge in [0.1, 0.15) is 10.7 Å². The van der Waals surface area contributed by atoms with Crippen LogP contribution in [0.15, 0.2) is 24.3 Å². The van der Waals surface area contributed by atoms with Crippen LogP contribution in [0.3, 0.4) is 0 Å². The minimum Gasteiger partial charge on any atom is -0.480 e. The Morgan fingerprint density at radius 3 is 2.47 bits per heavy atom. The Kier molecular flexibility index (Phi) is 4.89. The fraction of sp³-hybridized carbons (Fsp3) is 0.429. The van der Waals surface area contributed by atoms with E-state index in [9.17, 15) is 4.79 Å². The summed E-state index contributed by atoms with van der Waals surface area (Å²) in [6.45, 7) is 7.44. The standard InChI is InChI=1S/C14H20N2O2S/c1-9(13(17)16-14(2,3)4)18-11-8-6-5-7-10(11)12(15)19/h5-9H,1-4H3,(H2,15,19)(H,16,17). The van der Waals surface area contributed by atoms with Gasteiger partial charge in [0.15, 0.2) is 6.10 Å². The molecule has 0 spiro atoms. The Labute approximate surface area is 119 Å². The lowest BCUT2D eigenvalue weighted by Crippen LogP contribution is -2.46. The van der Waals surface area contributed by atoms with E-state index in [1.54, 1.807) is 19.1 Å². The van der Waals surface area contributed by atoms with E-state index in [-0.39, 0.29) is 16.4 Å². The van der Waals surface area contributed by atoms with Crippen LogP contribution in [0.25, 0.3) is 0 Å². The average Bonchev–Trinajstić information content (AvgIpc) is 2.27. The van der Waals surface area contributed by atoms with Gasteiger partial charge in [0.25, 0.3) is 5.91 Å². The van der Waals surface area contributed by atoms with Crippen molar-refractivity contribution in [2.45, 2.75) is 39.3 Å². The predicted octanol–water partition coefficient (Wildman–Crippen LogP) is 2.00. The zero-order chi connectivity index (χ0) is 14.6. The number of benzene rings is 1. The number of nitrogens with two attached hydrogens (primary N) is 1. The predicted molar refractivity (Wildman–Crippen MR) is 80.3 cm³/mol. The molecule has 0 bridgehead atoms. The number of hydrogen-bond acceptors (Lipinski definition) is 3. The second kappa shape index (κ2) is 6.02. The monoisotopic (exact) mass is 280 g/mol. The highest BCUT2D eigenvalue weighted by atomic mass is 32.1. The minimum atomic E-state index is -0.616. The molecule has 1 amide bonds. The molecule has 1 rings (SSSR count). The molecule has 1 aromatic rings. The van der Waals surface area contributed by atoms with Crippen molar-refractivity contribution in [1.82, 2.24) is 5.32 Å². The van der Waals surface area contributed by atoms with Crippen LogP contribution in [0.5, 0.6) is 5.75 Å². The third-order valence-corrected chi connectivity index (χ3v) is 2.54. The highest BCUT2D eigenvalue weighted by molar-refractivity contribution is 7.80. The van der Waals surface area contributed by atoms with Crippen molar-refractivity contribution in [2.24, 2.45) is 5.73 Å². The first-order chi connectivity index (χ1) is 8.70. The quantitative estimate of drug-likeness (QED) is 0.828. The first-order valence-electron chi connectivity index (χ1n) is 6.08. The van der Waals surface area contributed by atoms with Crippen LogP contribution in [0.2, 0.25) is 0 Å². The van der Waals surface area contributed by atoms with Gasteiger partial charge >= 0.3 is 0 Å². The maximum Gasteiger partial charge on any atom is 0.261 e. The van der Waals surface area contributed by atoms with Crippen LogP contribution >= 0.6 is 12.2 Å². The summed E-state index contributed by atoms with van der Waals surface area (Å²) in [6.07, 6.45) is -0.616. The van der Waals surface area contributed by atoms with Gasteiger partial charge in [0, 0.05) is 5.54 Å². The van der Waals surface area contributed by atoms with Crippen LogP contribution in [0.1, 0.15) is 33.3 Å². The van der Waals surface area contributed by atoms with Gasteiger partial charge in [-0.2, -0.15) is 0 Å². The first-order valence-corrected chi connectivity index (χ1v) is 6.49. The molecule has 5 heteroatoms. The van der Waals surface area contributed by atoms with E-state index in [4.69, 9.17) is 22.7 Å². The highest BCUT2D eigenvalue weighted by Gasteiger charge is 2.21. The number of carbonyl (C=O) groups excluding carboxylic acids is 1. The number of nitrogens with one attached hydrogen (secondary N) is 1. The van der Waals surface area contributed by atoms with E-state index < -0.39 is 6.10 Å². The number of amides is 1. The molecule has 1 atom stereocenters. The molecule has 0 aliphatic carbocycles. The molecule has 1 unspecified atom stereocenters. The topological polar surface area (TPSA) is 64.3 Å². The maximum atomic E-state index is 11.9. The molecule has 1 aromatic carbocycles. The zero-order valence-corrected chi connectivity index (χ0v) is 12.5. The summed E-state index contributed by atoms with van der Waals surface area (Å²) in [5, 5.41) is 2.86. The third-order valence-electron chi connectivity index (χ3n) is 2.32. The molecule has 0 aliphatic rings. The van der Waals surface area contributed by atoms with Crippen LogP contribution in [0.4, 0.5) is 0 Å². The molecule has 0 radical (unpaired) electrons. The van der Waals surface area contributed by atoms with Crippen LogP contribution < -0.4 is 15.8 Å². The van der Waals surface area contributed by atoms with Crippen molar-refractivity contribution in [3.05, 3.63) is 29.8 Å². The molecule has 104 valence electrons. The molecular formula is C14H20N2O2S. The smallest absolute Gasteiger partial charge is 0.261 e. The molecule has 0 saturated carbocycles. The zero-order valence-electron chi connectivity index (χ0n) is 11.7. The van der Waals surface area contributed by atoms with Crippen molar-refractivity contribution in [3.8, 4) is 5.75 Å². The number of para-hydroxylation sites is 1. The Hall–Kier alpha value is -1.62. The second-order valence-electron chi connectivity index (χ2n) is 5.36. The van der Waals surface area contributed by atoms with Crippen LogP contribution in [-0.4, -0.2) is 22.5 Å². The van der Waals surface area contributed by atoms with E-state index in [2.05, 4.69) is 5.32 Å². The number of thiocarbonyl (C=S) groups is 1. The maximum absolute atomic E-state index is 11.9. The van der Waals surface area contributed by atoms with Gasteiger partial charge in [-0.25, -0.2) is 0 Å². The summed E-state index contributed by atoms with van der Waals surface area (Å²) in [5.74, 6) is 0.344. The largest absolute Gasteiger partial charge is 0.480 e. The highest BCUT2D eigenvalue weighted by Crippen LogP contribution is 2.19. The number of rotatable bonds is 4. The first kappa shape index (κ1) is 15.4. The summed E-state index contributed by atoms with van der Waals surface area (Å²) in [6, 6.07) is 7.15. The van der Waals surface area contributed by atoms with Crippen molar-refractivity contribution in [3.63, 3.8) is 0 Å². The lowest BCUT2D eigenvalue weighted by molar-refractivity contribution is -0.128. The Morgan fingerprint density at radius 1 is 1.37 bits per heavy atom. The third kappa shape index (κ3) is 4.87. The molecule has 3 N–H and O–H groups in total. The summed E-state index contributed by atoms with van der Waals surface area (Å²) < 4.78 is 5.63. The Morgan fingerprint density at radius 2 is 1.95 bits per heavy atom. The molecule has 0 aromatic heterocycles. The summed E-state index contributed by atoms with van der Waals surface area (Å²) >= 11 is 4.95. The van der Waals surface area contributed by atoms with Crippen molar-refractivity contribution in [1.29, 1.82) is 0 Å². The Bertz CT molecular complexity index is 481. The van der Waals surface area contributed by atoms with E-state index in [1.165, 1.54) is 0 Å². The van der Waals surface area contributed by atoms with Crippen molar-refractivity contribution in [2.75, 3.05) is 0 Å². The summed E-state index contributed by atoms with van der Waals surface area (Å²) in [5.41, 5.74) is 5.96. The van der Waals surface area contributed by atoms with E-state index in [0.29, 0.717) is 11.3 Å². The number of hydrogen-bond donors (Lipinski definition) is 2. The van der Waals surface area contributed by atoms with E-state index in [0.717, 1.165) is 0 Å². The molecule has 19 heavy (non-hydrogen) atoms. The van der Waals surface area contributed by atoms with E-state index in [1.807, 2.05) is 32.9 Å². The second-order valence-corrected chi connectivity index (χ2v) is 5.80. The molecule has 0 saturated heterocycles. The minimum absolute atomic E-state index is 0.176. The van der Waals surface area contributed by atoms with Gasteiger partial charge in [0.05, 0.1) is 5.56 Å². The fourth-order valence-corrected chi connectivity index (χ4v) is 1.66. The van der Waals surface area contributed by atoms with Gasteiger partial charge in [-0.3, -0.25) is 4.79 Å². The molecular weight excluding hydrogens is 260 g/mol. The fourth-order valence-electron chi connectivity index (χ4n) is 1.49. The SMILES string of the molecule is CC(Oc1ccccc1C(N)=S)C(=O)NC(C)(C)C. The summed E-state index contributed by atoms with van der Waals surface area (Å²) in [7, 11) is 0. The molecule has 0 fully saturated rings. The van der Waals surface area contributed by atoms with Crippen molar-refractivity contribution >= 4 is 23.1 Å². The lowest BCUT2D eigenvalue weighted by atomic mass is 10.1. The Balaban J connectivity index is 2.80. The van der Waals surface area contributed by atoms with Crippen molar-refractivity contribution < 1.29 is 9.53 Å². The van der Waals surface area contributed by atoms with E-state index >= 15 is 0 Å². The van der Waals surface area contributed by atoms with Gasteiger partial charge < -0.3 is 15.8 Å². The van der Waals surface area contributed by atoms with Gasteiger partial charge in [0.2, 0.25) is 0 Å². The van der Waals surface area contributed by atoms with Crippen LogP contribution in [-0.2, 0) is 4.79 Å². The van der Waals surface area contributed by atoms with Crippen LogP contribution in [0, 0.1) is 0 Å². The normalized spacial score (nSPS) is 12.6. The lowest BCUT2D eigenvalue weighted by Gasteiger charge is -2.24. The number of carbonyl (C=O) groups is 1. The number of ether oxygens (including phenoxy) is 1.